The highest BCUT2D eigenvalue weighted by atomic mass is 32.2. The second-order valence-electron chi connectivity index (χ2n) is 7.29. The number of guanidine groups is 1. The van der Waals surface area contributed by atoms with Gasteiger partial charge < -0.3 is 20.7 Å². The third-order valence-electron chi connectivity index (χ3n) is 4.62. The van der Waals surface area contributed by atoms with Crippen LogP contribution in [0.3, 0.4) is 0 Å². The average molecular weight is 393 g/mol. The lowest BCUT2D eigenvalue weighted by atomic mass is 10.1. The highest BCUT2D eigenvalue weighted by Crippen LogP contribution is 2.19. The van der Waals surface area contributed by atoms with E-state index < -0.39 is 0 Å². The second kappa shape index (κ2) is 10.6. The maximum atomic E-state index is 12.4. The minimum Gasteiger partial charge on any atom is -0.376 e. The Balaban J connectivity index is 1.84. The Kier molecular flexibility index (Phi) is 8.44. The number of thioether (sulfide) groups is 1. The molecular formula is C20H32N4O2S. The van der Waals surface area contributed by atoms with Gasteiger partial charge in [0, 0.05) is 43.6 Å². The van der Waals surface area contributed by atoms with E-state index in [9.17, 15) is 4.79 Å². The van der Waals surface area contributed by atoms with Crippen LogP contribution >= 0.6 is 11.8 Å². The maximum Gasteiger partial charge on any atom is 0.251 e. The topological polar surface area (TPSA) is 74.8 Å². The van der Waals surface area contributed by atoms with Crippen LogP contribution in [0, 0.1) is 0 Å². The Hall–Kier alpha value is -1.73. The first-order valence-corrected chi connectivity index (χ1v) is 10.6. The maximum absolute atomic E-state index is 12.4. The number of aliphatic imine (C=N–C) groups is 1. The predicted molar refractivity (Wildman–Crippen MR) is 114 cm³/mol. The molecule has 0 spiro atoms. The smallest absolute Gasteiger partial charge is 0.251 e. The van der Waals surface area contributed by atoms with Crippen molar-refractivity contribution in [1.82, 2.24) is 16.0 Å². The molecule has 0 aromatic heterocycles. The Morgan fingerprint density at radius 3 is 2.81 bits per heavy atom. The normalized spacial score (nSPS) is 17.6. The number of hydrogen-bond donors (Lipinski definition) is 3. The fraction of sp³-hybridized carbons (Fsp3) is 0.600. The van der Waals surface area contributed by atoms with Gasteiger partial charge in [0.2, 0.25) is 0 Å². The molecule has 1 aliphatic heterocycles. The van der Waals surface area contributed by atoms with Crippen molar-refractivity contribution in [3.8, 4) is 0 Å². The average Bonchev–Trinajstić information content (AvgIpc) is 3.20. The number of hydrogen-bond acceptors (Lipinski definition) is 4. The molecular weight excluding hydrogens is 360 g/mol. The van der Waals surface area contributed by atoms with Gasteiger partial charge in [0.15, 0.2) is 5.96 Å². The van der Waals surface area contributed by atoms with Gasteiger partial charge in [-0.05, 0) is 50.6 Å². The molecule has 1 aromatic carbocycles. The lowest BCUT2D eigenvalue weighted by Crippen LogP contribution is -2.43. The summed E-state index contributed by atoms with van der Waals surface area (Å²) < 4.78 is 5.69. The van der Waals surface area contributed by atoms with Gasteiger partial charge in [0.1, 0.15) is 0 Å². The summed E-state index contributed by atoms with van der Waals surface area (Å²) >= 11 is 1.81. The minimum absolute atomic E-state index is 0.0587. The number of amides is 1. The van der Waals surface area contributed by atoms with Crippen LogP contribution in [0.5, 0.6) is 0 Å². The highest BCUT2D eigenvalue weighted by molar-refractivity contribution is 7.99. The van der Waals surface area contributed by atoms with E-state index in [4.69, 9.17) is 4.74 Å². The molecule has 1 aliphatic rings. The monoisotopic (exact) mass is 392 g/mol. The second-order valence-corrected chi connectivity index (χ2v) is 8.80. The van der Waals surface area contributed by atoms with Crippen molar-refractivity contribution in [2.75, 3.05) is 33.0 Å². The number of ether oxygens (including phenoxy) is 1. The summed E-state index contributed by atoms with van der Waals surface area (Å²) in [5, 5.41) is 9.61. The summed E-state index contributed by atoms with van der Waals surface area (Å²) in [6.07, 6.45) is 4.35. The molecule has 1 unspecified atom stereocenters. The number of nitrogens with one attached hydrogen (secondary N) is 3. The molecule has 0 radical (unpaired) electrons. The summed E-state index contributed by atoms with van der Waals surface area (Å²) in [6, 6.07) is 7.66. The fourth-order valence-corrected chi connectivity index (χ4v) is 2.93. The summed E-state index contributed by atoms with van der Waals surface area (Å²) in [7, 11) is 1.76. The molecule has 1 amide bonds. The minimum atomic E-state index is -0.0587. The third kappa shape index (κ3) is 7.42. The Bertz CT molecular complexity index is 643. The van der Waals surface area contributed by atoms with Crippen LogP contribution in [0.1, 0.15) is 42.6 Å². The number of carbonyl (C=O) groups excluding carboxylic acids is 1. The van der Waals surface area contributed by atoms with Crippen LogP contribution in [0.25, 0.3) is 0 Å². The summed E-state index contributed by atoms with van der Waals surface area (Å²) in [5.74, 6) is 0.696. The third-order valence-corrected chi connectivity index (χ3v) is 5.87. The number of rotatable bonds is 8. The molecule has 1 heterocycles. The molecule has 150 valence electrons. The van der Waals surface area contributed by atoms with Crippen LogP contribution < -0.4 is 16.0 Å². The largest absolute Gasteiger partial charge is 0.376 e. The number of carbonyl (C=O) groups is 1. The van der Waals surface area contributed by atoms with Crippen molar-refractivity contribution in [3.05, 3.63) is 35.4 Å². The van der Waals surface area contributed by atoms with E-state index in [-0.39, 0.29) is 16.8 Å². The van der Waals surface area contributed by atoms with E-state index in [2.05, 4.69) is 41.0 Å². The van der Waals surface area contributed by atoms with Gasteiger partial charge in [-0.3, -0.25) is 9.79 Å². The van der Waals surface area contributed by atoms with Gasteiger partial charge in [-0.2, -0.15) is 11.8 Å². The van der Waals surface area contributed by atoms with Gasteiger partial charge in [0.05, 0.1) is 6.10 Å². The number of nitrogens with zero attached hydrogens (tertiary/aromatic N) is 1. The molecule has 6 nitrogen and oxygen atoms in total. The quantitative estimate of drug-likeness (QED) is 0.468. The zero-order valence-corrected chi connectivity index (χ0v) is 17.6. The van der Waals surface area contributed by atoms with E-state index in [1.807, 2.05) is 36.0 Å². The van der Waals surface area contributed by atoms with Crippen molar-refractivity contribution in [2.24, 2.45) is 4.99 Å². The van der Waals surface area contributed by atoms with Gasteiger partial charge in [-0.25, -0.2) is 0 Å². The van der Waals surface area contributed by atoms with Crippen LogP contribution in [-0.2, 0) is 11.3 Å². The Labute approximate surface area is 166 Å². The first-order chi connectivity index (χ1) is 12.9. The van der Waals surface area contributed by atoms with Crippen molar-refractivity contribution in [1.29, 1.82) is 0 Å². The summed E-state index contributed by atoms with van der Waals surface area (Å²) in [6.45, 7) is 7.17. The Morgan fingerprint density at radius 1 is 1.33 bits per heavy atom. The van der Waals surface area contributed by atoms with Crippen molar-refractivity contribution in [3.63, 3.8) is 0 Å². The molecule has 1 aromatic rings. The van der Waals surface area contributed by atoms with E-state index in [0.717, 1.165) is 37.5 Å². The van der Waals surface area contributed by atoms with E-state index >= 15 is 0 Å². The summed E-state index contributed by atoms with van der Waals surface area (Å²) in [4.78, 5) is 16.6. The molecule has 3 N–H and O–H groups in total. The van der Waals surface area contributed by atoms with Crippen LogP contribution in [-0.4, -0.2) is 55.7 Å². The molecule has 1 fully saturated rings. The molecule has 7 heteroatoms. The van der Waals surface area contributed by atoms with Gasteiger partial charge in [0.25, 0.3) is 5.91 Å². The van der Waals surface area contributed by atoms with Gasteiger partial charge >= 0.3 is 0 Å². The molecule has 1 saturated heterocycles. The van der Waals surface area contributed by atoms with Crippen LogP contribution in [0.4, 0.5) is 0 Å². The van der Waals surface area contributed by atoms with Crippen molar-refractivity contribution < 1.29 is 9.53 Å². The first-order valence-electron chi connectivity index (χ1n) is 9.42. The zero-order valence-electron chi connectivity index (χ0n) is 16.8. The first kappa shape index (κ1) is 21.6. The molecule has 1 atom stereocenters. The zero-order chi connectivity index (χ0) is 19.7. The van der Waals surface area contributed by atoms with Gasteiger partial charge in [-0.15, -0.1) is 0 Å². The van der Waals surface area contributed by atoms with Crippen LogP contribution in [0.2, 0.25) is 0 Å². The predicted octanol–water partition coefficient (Wildman–Crippen LogP) is 2.40. The van der Waals surface area contributed by atoms with Crippen LogP contribution in [0.15, 0.2) is 29.3 Å². The molecule has 2 rings (SSSR count). The van der Waals surface area contributed by atoms with E-state index in [1.54, 1.807) is 7.05 Å². The van der Waals surface area contributed by atoms with E-state index in [0.29, 0.717) is 18.7 Å². The van der Waals surface area contributed by atoms with Gasteiger partial charge in [-0.1, -0.05) is 12.1 Å². The van der Waals surface area contributed by atoms with E-state index in [1.165, 1.54) is 0 Å². The lowest BCUT2D eigenvalue weighted by Gasteiger charge is -2.23. The molecule has 0 bridgehead atoms. The fourth-order valence-electron chi connectivity index (χ4n) is 2.71. The molecule has 27 heavy (non-hydrogen) atoms. The van der Waals surface area contributed by atoms with Crippen molar-refractivity contribution in [2.45, 2.75) is 44.1 Å². The highest BCUT2D eigenvalue weighted by Gasteiger charge is 2.17. The Morgan fingerprint density at radius 2 is 2.15 bits per heavy atom. The summed E-state index contributed by atoms with van der Waals surface area (Å²) in [5.41, 5.74) is 1.70. The lowest BCUT2D eigenvalue weighted by molar-refractivity contribution is 0.0857. The number of benzene rings is 1. The SMILES string of the molecule is CN=C(NCc1cccc(C(=O)NCC2CCCO2)c1)NCC(C)(C)SC. The standard InChI is InChI=1S/C20H32N4O2S/c1-20(2,27-4)14-24-19(21-3)23-12-15-7-5-8-16(11-15)18(25)22-13-17-9-6-10-26-17/h5,7-8,11,17H,6,9-10,12-14H2,1-4H3,(H,22,25)(H2,21,23,24). The molecule has 0 aliphatic carbocycles. The van der Waals surface area contributed by atoms with Crippen molar-refractivity contribution >= 4 is 23.6 Å². The molecule has 0 saturated carbocycles.